The van der Waals surface area contributed by atoms with Gasteiger partial charge in [0.2, 0.25) is 11.2 Å². The van der Waals surface area contributed by atoms with Gasteiger partial charge in [-0.05, 0) is 50.6 Å². The highest BCUT2D eigenvalue weighted by Crippen LogP contribution is 2.29. The summed E-state index contributed by atoms with van der Waals surface area (Å²) in [5.74, 6) is 1.35. The molecule has 0 N–H and O–H groups in total. The molecule has 0 aliphatic heterocycles. The Bertz CT molecular complexity index is 453. The summed E-state index contributed by atoms with van der Waals surface area (Å²) in [5.41, 5.74) is 0. The van der Waals surface area contributed by atoms with E-state index in [1.54, 1.807) is 0 Å². The van der Waals surface area contributed by atoms with Gasteiger partial charge in [-0.15, -0.1) is 0 Å². The molecule has 0 saturated heterocycles. The van der Waals surface area contributed by atoms with E-state index in [-0.39, 0.29) is 11.4 Å². The zero-order valence-electron chi connectivity index (χ0n) is 13.2. The molecule has 6 heteroatoms. The lowest BCUT2D eigenvalue weighted by molar-refractivity contribution is 0.111. The van der Waals surface area contributed by atoms with Crippen molar-refractivity contribution in [3.63, 3.8) is 0 Å². The van der Waals surface area contributed by atoms with E-state index in [9.17, 15) is 0 Å². The van der Waals surface area contributed by atoms with Crippen molar-refractivity contribution in [1.29, 1.82) is 0 Å². The van der Waals surface area contributed by atoms with E-state index in [0.717, 1.165) is 31.8 Å². The molecule has 2 unspecified atom stereocenters. The number of aromatic nitrogens is 3. The van der Waals surface area contributed by atoms with Gasteiger partial charge in [-0.25, -0.2) is 0 Å². The summed E-state index contributed by atoms with van der Waals surface area (Å²) in [7, 11) is 0. The molecule has 1 aromatic heterocycles. The predicted octanol–water partition coefficient (Wildman–Crippen LogP) is 3.72. The molecular weight excluding hydrogens is 288 g/mol. The van der Waals surface area contributed by atoms with Crippen LogP contribution in [0.15, 0.2) is 0 Å². The summed E-state index contributed by atoms with van der Waals surface area (Å²) in [6.07, 6.45) is 6.08. The second-order valence-corrected chi connectivity index (χ2v) is 5.88. The average molecular weight is 313 g/mol. The Morgan fingerprint density at radius 2 is 1.90 bits per heavy atom. The minimum atomic E-state index is 0.199. The van der Waals surface area contributed by atoms with Crippen molar-refractivity contribution in [1.82, 2.24) is 15.0 Å². The normalized spacial score (nSPS) is 22.1. The summed E-state index contributed by atoms with van der Waals surface area (Å²) in [6, 6.07) is 0.360. The smallest absolute Gasteiger partial charge is 0.322 e. The van der Waals surface area contributed by atoms with E-state index in [2.05, 4.69) is 35.7 Å². The number of anilines is 1. The van der Waals surface area contributed by atoms with E-state index in [1.165, 1.54) is 19.3 Å². The van der Waals surface area contributed by atoms with Gasteiger partial charge >= 0.3 is 6.01 Å². The molecule has 5 nitrogen and oxygen atoms in total. The van der Waals surface area contributed by atoms with Gasteiger partial charge in [-0.3, -0.25) is 0 Å². The summed E-state index contributed by atoms with van der Waals surface area (Å²) < 4.78 is 5.97. The Labute approximate surface area is 132 Å². The molecule has 21 heavy (non-hydrogen) atoms. The Hall–Kier alpha value is -1.10. The van der Waals surface area contributed by atoms with Crippen molar-refractivity contribution >= 4 is 17.5 Å². The van der Waals surface area contributed by atoms with E-state index < -0.39 is 0 Å². The minimum absolute atomic E-state index is 0.199. The average Bonchev–Trinajstić information content (AvgIpc) is 2.48. The zero-order valence-corrected chi connectivity index (χ0v) is 13.9. The van der Waals surface area contributed by atoms with Crippen LogP contribution in [0.2, 0.25) is 5.28 Å². The highest BCUT2D eigenvalue weighted by Gasteiger charge is 2.23. The maximum absolute atomic E-state index is 6.01. The van der Waals surface area contributed by atoms with E-state index in [1.807, 2.05) is 4.90 Å². The second-order valence-electron chi connectivity index (χ2n) is 5.54. The van der Waals surface area contributed by atoms with Crippen LogP contribution >= 0.6 is 11.6 Å². The fourth-order valence-corrected chi connectivity index (χ4v) is 3.04. The maximum atomic E-state index is 6.01. The molecule has 0 radical (unpaired) electrons. The van der Waals surface area contributed by atoms with Crippen LogP contribution in [0.1, 0.15) is 52.9 Å². The van der Waals surface area contributed by atoms with Crippen LogP contribution in [0.3, 0.4) is 0 Å². The van der Waals surface area contributed by atoms with Gasteiger partial charge in [-0.1, -0.05) is 19.8 Å². The van der Waals surface area contributed by atoms with Gasteiger partial charge in [0.1, 0.15) is 6.10 Å². The zero-order chi connectivity index (χ0) is 15.2. The van der Waals surface area contributed by atoms with Crippen molar-refractivity contribution in [2.24, 2.45) is 5.92 Å². The number of nitrogens with zero attached hydrogens (tertiary/aromatic N) is 4. The number of ether oxygens (including phenoxy) is 1. The van der Waals surface area contributed by atoms with Crippen molar-refractivity contribution < 1.29 is 4.74 Å². The van der Waals surface area contributed by atoms with Gasteiger partial charge in [0.25, 0.3) is 0 Å². The molecule has 2 atom stereocenters. The molecule has 2 rings (SSSR count). The van der Waals surface area contributed by atoms with Gasteiger partial charge in [0.05, 0.1) is 0 Å². The molecule has 0 amide bonds. The van der Waals surface area contributed by atoms with Crippen molar-refractivity contribution in [3.8, 4) is 6.01 Å². The van der Waals surface area contributed by atoms with Crippen LogP contribution < -0.4 is 9.64 Å². The summed E-state index contributed by atoms with van der Waals surface area (Å²) in [5, 5.41) is 0.199. The fraction of sp³-hybridized carbons (Fsp3) is 0.800. The first kappa shape index (κ1) is 16.3. The van der Waals surface area contributed by atoms with Crippen LogP contribution in [0.5, 0.6) is 6.01 Å². The molecule has 1 fully saturated rings. The quantitative estimate of drug-likeness (QED) is 0.801. The SMILES string of the molecule is CCC1CCCC(Oc2nc(Cl)nc(N(CC)CC)n2)C1. The van der Waals surface area contributed by atoms with Gasteiger partial charge in [0.15, 0.2) is 0 Å². The Morgan fingerprint density at radius 1 is 1.14 bits per heavy atom. The summed E-state index contributed by atoms with van der Waals surface area (Å²) >= 11 is 6.01. The Morgan fingerprint density at radius 3 is 2.57 bits per heavy atom. The van der Waals surface area contributed by atoms with Crippen molar-refractivity contribution in [2.45, 2.75) is 59.0 Å². The standard InChI is InChI=1S/C15H25ClN4O/c1-4-11-8-7-9-12(10-11)21-15-18-13(16)17-14(19-15)20(5-2)6-3/h11-12H,4-10H2,1-3H3. The molecule has 118 valence electrons. The lowest BCUT2D eigenvalue weighted by Crippen LogP contribution is -2.27. The van der Waals surface area contributed by atoms with E-state index >= 15 is 0 Å². The van der Waals surface area contributed by atoms with E-state index in [4.69, 9.17) is 16.3 Å². The monoisotopic (exact) mass is 312 g/mol. The first-order chi connectivity index (χ1) is 10.2. The third-order valence-corrected chi connectivity index (χ3v) is 4.38. The van der Waals surface area contributed by atoms with Crippen LogP contribution in [0, 0.1) is 5.92 Å². The molecule has 0 aromatic carbocycles. The number of hydrogen-bond donors (Lipinski definition) is 0. The van der Waals surface area contributed by atoms with Crippen LogP contribution in [-0.2, 0) is 0 Å². The van der Waals surface area contributed by atoms with Crippen molar-refractivity contribution in [3.05, 3.63) is 5.28 Å². The number of halogens is 1. The van der Waals surface area contributed by atoms with Gasteiger partial charge < -0.3 is 9.64 Å². The summed E-state index contributed by atoms with van der Waals surface area (Å²) in [4.78, 5) is 14.8. The lowest BCUT2D eigenvalue weighted by Gasteiger charge is -2.28. The van der Waals surface area contributed by atoms with Crippen LogP contribution in [0.25, 0.3) is 0 Å². The van der Waals surface area contributed by atoms with Gasteiger partial charge in [0, 0.05) is 13.1 Å². The van der Waals surface area contributed by atoms with Crippen LogP contribution in [-0.4, -0.2) is 34.1 Å². The molecule has 1 aromatic rings. The fourth-order valence-electron chi connectivity index (χ4n) is 2.89. The van der Waals surface area contributed by atoms with Crippen LogP contribution in [0.4, 0.5) is 5.95 Å². The minimum Gasteiger partial charge on any atom is -0.460 e. The summed E-state index contributed by atoms with van der Waals surface area (Å²) in [6.45, 7) is 8.03. The molecule has 1 aliphatic rings. The number of hydrogen-bond acceptors (Lipinski definition) is 5. The topological polar surface area (TPSA) is 51.1 Å². The Kier molecular flexibility index (Phi) is 6.03. The highest BCUT2D eigenvalue weighted by atomic mass is 35.5. The predicted molar refractivity (Wildman–Crippen MR) is 85.1 cm³/mol. The van der Waals surface area contributed by atoms with Crippen molar-refractivity contribution in [2.75, 3.05) is 18.0 Å². The Balaban J connectivity index is 2.09. The second kappa shape index (κ2) is 7.78. The molecule has 1 aliphatic carbocycles. The third kappa shape index (κ3) is 4.43. The maximum Gasteiger partial charge on any atom is 0.322 e. The lowest BCUT2D eigenvalue weighted by atomic mass is 9.86. The molecule has 0 bridgehead atoms. The molecule has 1 heterocycles. The van der Waals surface area contributed by atoms with E-state index in [0.29, 0.717) is 12.0 Å². The highest BCUT2D eigenvalue weighted by molar-refractivity contribution is 6.28. The molecule has 0 spiro atoms. The third-order valence-electron chi connectivity index (χ3n) is 4.21. The number of rotatable bonds is 6. The molecule has 1 saturated carbocycles. The largest absolute Gasteiger partial charge is 0.460 e. The first-order valence-corrected chi connectivity index (χ1v) is 8.37. The van der Waals surface area contributed by atoms with Gasteiger partial charge in [-0.2, -0.15) is 15.0 Å². The first-order valence-electron chi connectivity index (χ1n) is 7.99. The molecular formula is C15H25ClN4O.